The van der Waals surface area contributed by atoms with Crippen molar-refractivity contribution < 1.29 is 8.95 Å². The first-order chi connectivity index (χ1) is 8.65. The van der Waals surface area contributed by atoms with Crippen molar-refractivity contribution in [2.75, 3.05) is 42.3 Å². The van der Waals surface area contributed by atoms with Gasteiger partial charge in [-0.05, 0) is 13.8 Å². The van der Waals surface area contributed by atoms with Crippen LogP contribution in [-0.4, -0.2) is 50.9 Å². The number of nitrogens with one attached hydrogen (secondary N) is 2. The van der Waals surface area contributed by atoms with Gasteiger partial charge in [0.05, 0.1) is 6.61 Å². The Labute approximate surface area is 109 Å². The minimum Gasteiger partial charge on any atom is -0.464 e. The van der Waals surface area contributed by atoms with Crippen LogP contribution < -0.4 is 15.4 Å². The maximum Gasteiger partial charge on any atom is 0.323 e. The third-order valence-corrected chi connectivity index (χ3v) is 2.67. The number of rotatable bonds is 8. The molecule has 1 rings (SSSR count). The van der Waals surface area contributed by atoms with E-state index in [0.29, 0.717) is 37.3 Å². The van der Waals surface area contributed by atoms with E-state index in [1.807, 2.05) is 13.8 Å². The van der Waals surface area contributed by atoms with Crippen molar-refractivity contribution in [3.05, 3.63) is 0 Å². The molecule has 1 aromatic heterocycles. The Morgan fingerprint density at radius 2 is 1.83 bits per heavy atom. The Morgan fingerprint density at radius 3 is 2.39 bits per heavy atom. The lowest BCUT2D eigenvalue weighted by atomic mass is 10.7. The molecule has 0 saturated carbocycles. The number of ether oxygens (including phenoxy) is 1. The lowest BCUT2D eigenvalue weighted by Crippen LogP contribution is -2.14. The molecule has 1 heterocycles. The molecule has 0 saturated heterocycles. The second-order valence-corrected chi connectivity index (χ2v) is 4.99. The van der Waals surface area contributed by atoms with E-state index < -0.39 is 10.8 Å². The molecule has 0 aliphatic carbocycles. The average molecular weight is 273 g/mol. The summed E-state index contributed by atoms with van der Waals surface area (Å²) in [5, 5.41) is 6.00. The van der Waals surface area contributed by atoms with E-state index in [1.165, 1.54) is 0 Å². The van der Waals surface area contributed by atoms with E-state index in [-0.39, 0.29) is 6.01 Å². The predicted octanol–water partition coefficient (Wildman–Crippen LogP) is 0.492. The molecule has 1 unspecified atom stereocenters. The van der Waals surface area contributed by atoms with Gasteiger partial charge >= 0.3 is 6.01 Å². The highest BCUT2D eigenvalue weighted by atomic mass is 32.2. The summed E-state index contributed by atoms with van der Waals surface area (Å²) in [4.78, 5) is 12.4. The van der Waals surface area contributed by atoms with Crippen molar-refractivity contribution in [3.8, 4) is 6.01 Å². The highest BCUT2D eigenvalue weighted by Crippen LogP contribution is 2.10. The second-order valence-electron chi connectivity index (χ2n) is 3.43. The number of hydrogen-bond donors (Lipinski definition) is 2. The van der Waals surface area contributed by atoms with Gasteiger partial charge in [-0.15, -0.1) is 0 Å². The largest absolute Gasteiger partial charge is 0.464 e. The van der Waals surface area contributed by atoms with Crippen LogP contribution in [0.1, 0.15) is 13.8 Å². The minimum absolute atomic E-state index is 0.281. The minimum atomic E-state index is -0.837. The first kappa shape index (κ1) is 14.6. The van der Waals surface area contributed by atoms with Crippen LogP contribution in [0.5, 0.6) is 6.01 Å². The van der Waals surface area contributed by atoms with Gasteiger partial charge in [0.2, 0.25) is 11.9 Å². The van der Waals surface area contributed by atoms with E-state index in [0.717, 1.165) is 0 Å². The molecule has 1 aromatic rings. The Morgan fingerprint density at radius 1 is 1.17 bits per heavy atom. The maximum absolute atomic E-state index is 11.0. The summed E-state index contributed by atoms with van der Waals surface area (Å²) >= 11 is 0. The van der Waals surface area contributed by atoms with Crippen LogP contribution in [0.4, 0.5) is 11.9 Å². The van der Waals surface area contributed by atoms with Gasteiger partial charge < -0.3 is 15.4 Å². The summed E-state index contributed by atoms with van der Waals surface area (Å²) < 4.78 is 16.2. The fourth-order valence-corrected chi connectivity index (χ4v) is 1.56. The third kappa shape index (κ3) is 5.26. The summed E-state index contributed by atoms with van der Waals surface area (Å²) in [6, 6.07) is 0.281. The number of aromatic nitrogens is 3. The molecule has 0 aliphatic rings. The fourth-order valence-electron chi connectivity index (χ4n) is 1.17. The van der Waals surface area contributed by atoms with Crippen molar-refractivity contribution in [1.82, 2.24) is 15.0 Å². The highest BCUT2D eigenvalue weighted by molar-refractivity contribution is 7.84. The van der Waals surface area contributed by atoms with Gasteiger partial charge in [-0.25, -0.2) is 0 Å². The van der Waals surface area contributed by atoms with Crippen molar-refractivity contribution >= 4 is 22.7 Å². The van der Waals surface area contributed by atoms with Crippen molar-refractivity contribution in [1.29, 1.82) is 0 Å². The van der Waals surface area contributed by atoms with E-state index in [9.17, 15) is 4.21 Å². The molecule has 0 fully saturated rings. The quantitative estimate of drug-likeness (QED) is 0.712. The van der Waals surface area contributed by atoms with E-state index in [4.69, 9.17) is 4.74 Å². The van der Waals surface area contributed by atoms with Crippen LogP contribution in [0.15, 0.2) is 0 Å². The predicted molar refractivity (Wildman–Crippen MR) is 72.6 cm³/mol. The summed E-state index contributed by atoms with van der Waals surface area (Å²) in [6.45, 7) is 5.58. The van der Waals surface area contributed by atoms with Gasteiger partial charge in [0.1, 0.15) is 0 Å². The average Bonchev–Trinajstić information content (AvgIpc) is 2.29. The Bertz CT molecular complexity index is 378. The maximum atomic E-state index is 11.0. The van der Waals surface area contributed by atoms with Crippen molar-refractivity contribution in [2.45, 2.75) is 13.8 Å². The molecule has 102 valence electrons. The SMILES string of the molecule is CCNc1nc(NCCS(C)=O)nc(OCC)n1. The molecule has 0 aromatic carbocycles. The smallest absolute Gasteiger partial charge is 0.323 e. The van der Waals surface area contributed by atoms with E-state index in [1.54, 1.807) is 6.26 Å². The molecule has 0 radical (unpaired) electrons. The lowest BCUT2D eigenvalue weighted by Gasteiger charge is -2.08. The molecule has 8 heteroatoms. The van der Waals surface area contributed by atoms with Crippen LogP contribution in [-0.2, 0) is 10.8 Å². The van der Waals surface area contributed by atoms with E-state index in [2.05, 4.69) is 25.6 Å². The standard InChI is InChI=1S/C10H19N5O2S/c1-4-11-8-13-9(12-6-7-18(3)16)15-10(14-8)17-5-2/h4-7H2,1-3H3,(H2,11,12,13,14,15). The number of anilines is 2. The van der Waals surface area contributed by atoms with Gasteiger partial charge in [0.25, 0.3) is 0 Å². The Balaban J connectivity index is 2.71. The zero-order valence-corrected chi connectivity index (χ0v) is 11.7. The first-order valence-electron chi connectivity index (χ1n) is 5.82. The van der Waals surface area contributed by atoms with Gasteiger partial charge in [-0.1, -0.05) is 0 Å². The first-order valence-corrected chi connectivity index (χ1v) is 7.55. The van der Waals surface area contributed by atoms with Gasteiger partial charge in [-0.3, -0.25) is 4.21 Å². The number of nitrogens with zero attached hydrogens (tertiary/aromatic N) is 3. The molecule has 7 nitrogen and oxygen atoms in total. The molecule has 2 N–H and O–H groups in total. The Kier molecular flexibility index (Phi) is 6.34. The fraction of sp³-hybridized carbons (Fsp3) is 0.700. The van der Waals surface area contributed by atoms with Gasteiger partial charge in [0.15, 0.2) is 0 Å². The second kappa shape index (κ2) is 7.80. The zero-order chi connectivity index (χ0) is 13.4. The van der Waals surface area contributed by atoms with Crippen LogP contribution in [0, 0.1) is 0 Å². The van der Waals surface area contributed by atoms with Crippen LogP contribution in [0.2, 0.25) is 0 Å². The summed E-state index contributed by atoms with van der Waals surface area (Å²) in [7, 11) is -0.837. The topological polar surface area (TPSA) is 89.0 Å². The zero-order valence-electron chi connectivity index (χ0n) is 10.9. The third-order valence-electron chi connectivity index (χ3n) is 1.90. The molecule has 0 spiro atoms. The molecular formula is C10H19N5O2S. The molecular weight excluding hydrogens is 254 g/mol. The Hall–Kier alpha value is -1.44. The van der Waals surface area contributed by atoms with Gasteiger partial charge in [0, 0.05) is 35.9 Å². The number of hydrogen-bond acceptors (Lipinski definition) is 7. The normalized spacial score (nSPS) is 11.9. The summed E-state index contributed by atoms with van der Waals surface area (Å²) in [5.74, 6) is 1.44. The summed E-state index contributed by atoms with van der Waals surface area (Å²) in [5.41, 5.74) is 0. The van der Waals surface area contributed by atoms with Crippen molar-refractivity contribution in [2.24, 2.45) is 0 Å². The highest BCUT2D eigenvalue weighted by Gasteiger charge is 2.06. The lowest BCUT2D eigenvalue weighted by molar-refractivity contribution is 0.312. The molecule has 0 bridgehead atoms. The molecule has 18 heavy (non-hydrogen) atoms. The monoisotopic (exact) mass is 273 g/mol. The molecule has 0 amide bonds. The molecule has 1 atom stereocenters. The van der Waals surface area contributed by atoms with Crippen LogP contribution in [0.3, 0.4) is 0 Å². The van der Waals surface area contributed by atoms with Gasteiger partial charge in [-0.2, -0.15) is 15.0 Å². The molecule has 0 aliphatic heterocycles. The van der Waals surface area contributed by atoms with E-state index >= 15 is 0 Å². The van der Waals surface area contributed by atoms with Crippen LogP contribution >= 0.6 is 0 Å². The van der Waals surface area contributed by atoms with Crippen LogP contribution in [0.25, 0.3) is 0 Å². The summed E-state index contributed by atoms with van der Waals surface area (Å²) in [6.07, 6.45) is 1.66. The van der Waals surface area contributed by atoms with Crippen molar-refractivity contribution in [3.63, 3.8) is 0 Å².